The van der Waals surface area contributed by atoms with Gasteiger partial charge in [-0.3, -0.25) is 0 Å². The maximum atomic E-state index is 2.52. The summed E-state index contributed by atoms with van der Waals surface area (Å²) in [7, 11) is 0. The molecule has 0 heterocycles. The zero-order chi connectivity index (χ0) is 19.1. The summed E-state index contributed by atoms with van der Waals surface area (Å²) in [6, 6.07) is 0. The van der Waals surface area contributed by atoms with Crippen molar-refractivity contribution in [3.05, 3.63) is 70.4 Å². The number of rotatable bonds is 0. The Bertz CT molecular complexity index is 851. The number of hydrogen-bond donors (Lipinski definition) is 0. The summed E-state index contributed by atoms with van der Waals surface area (Å²) in [6.45, 7) is 19.0. The Morgan fingerprint density at radius 3 is 2.08 bits per heavy atom. The predicted octanol–water partition coefficient (Wildman–Crippen LogP) is 7.34. The van der Waals surface area contributed by atoms with Gasteiger partial charge in [-0.15, -0.1) is 0 Å². The van der Waals surface area contributed by atoms with Crippen LogP contribution in [0.15, 0.2) is 70.4 Å². The molecule has 0 fully saturated rings. The Morgan fingerprint density at radius 1 is 0.808 bits per heavy atom. The van der Waals surface area contributed by atoms with Crippen molar-refractivity contribution in [1.29, 1.82) is 0 Å². The SMILES string of the molecule is CC(C)(C)C1=CC2=CC=C3C=C(C(C)(C)C)CC4C=CC(=C1)[C@@]2(C)[C@@]34C. The van der Waals surface area contributed by atoms with Crippen LogP contribution in [-0.2, 0) is 0 Å². The minimum Gasteiger partial charge on any atom is -0.0799 e. The Hall–Kier alpha value is -1.56. The summed E-state index contributed by atoms with van der Waals surface area (Å²) in [5.74, 6) is 0.573. The first-order chi connectivity index (χ1) is 11.9. The van der Waals surface area contributed by atoms with Crippen molar-refractivity contribution in [3.63, 3.8) is 0 Å². The van der Waals surface area contributed by atoms with Crippen molar-refractivity contribution in [2.75, 3.05) is 0 Å². The first-order valence-corrected chi connectivity index (χ1v) is 10.1. The zero-order valence-corrected chi connectivity index (χ0v) is 17.8. The summed E-state index contributed by atoms with van der Waals surface area (Å²) in [6.07, 6.45) is 18.4. The van der Waals surface area contributed by atoms with Gasteiger partial charge < -0.3 is 0 Å². The fourth-order valence-electron chi connectivity index (χ4n) is 5.41. The van der Waals surface area contributed by atoms with E-state index in [1.54, 1.807) is 5.57 Å². The molecule has 3 atom stereocenters. The van der Waals surface area contributed by atoms with E-state index < -0.39 is 0 Å². The van der Waals surface area contributed by atoms with E-state index in [2.05, 4.69) is 97.9 Å². The summed E-state index contributed by atoms with van der Waals surface area (Å²) in [4.78, 5) is 0. The molecule has 26 heavy (non-hydrogen) atoms. The fourth-order valence-corrected chi connectivity index (χ4v) is 5.41. The molecule has 0 aliphatic heterocycles. The second-order valence-electron chi connectivity index (χ2n) is 11.1. The van der Waals surface area contributed by atoms with Crippen LogP contribution in [0.4, 0.5) is 0 Å². The van der Waals surface area contributed by atoms with Crippen LogP contribution in [0.1, 0.15) is 61.8 Å². The van der Waals surface area contributed by atoms with E-state index in [9.17, 15) is 0 Å². The number of hydrogen-bond acceptors (Lipinski definition) is 0. The molecule has 4 aliphatic carbocycles. The molecule has 0 bridgehead atoms. The van der Waals surface area contributed by atoms with Crippen molar-refractivity contribution >= 4 is 0 Å². The van der Waals surface area contributed by atoms with E-state index >= 15 is 0 Å². The zero-order valence-electron chi connectivity index (χ0n) is 17.8. The van der Waals surface area contributed by atoms with Gasteiger partial charge in [-0.05, 0) is 45.5 Å². The van der Waals surface area contributed by atoms with Crippen LogP contribution in [-0.4, -0.2) is 0 Å². The minimum absolute atomic E-state index is 0.0746. The summed E-state index contributed by atoms with van der Waals surface area (Å²) >= 11 is 0. The van der Waals surface area contributed by atoms with Crippen LogP contribution in [0.2, 0.25) is 0 Å². The molecule has 0 amide bonds. The third-order valence-corrected chi connectivity index (χ3v) is 7.71. The summed E-state index contributed by atoms with van der Waals surface area (Å²) in [5, 5.41) is 0. The summed E-state index contributed by atoms with van der Waals surface area (Å²) < 4.78 is 0. The standard InChI is InChI=1S/C26H34/c1-23(2,3)21-13-17-9-11-19-15-22(24(4,5)6)16-20-12-10-18(14-21)25(17,7)26(19,20)8/h9-15,20H,16H2,1-8H3/t20?,25-,26-/m0/s1. The van der Waals surface area contributed by atoms with Gasteiger partial charge in [0, 0.05) is 10.8 Å². The lowest BCUT2D eigenvalue weighted by molar-refractivity contribution is 0.118. The Balaban J connectivity index is 1.97. The summed E-state index contributed by atoms with van der Waals surface area (Å²) in [5.41, 5.74) is 8.18. The van der Waals surface area contributed by atoms with Crippen LogP contribution >= 0.6 is 0 Å². The highest BCUT2D eigenvalue weighted by molar-refractivity contribution is 5.63. The highest BCUT2D eigenvalue weighted by atomic mass is 14.6. The molecule has 138 valence electrons. The van der Waals surface area contributed by atoms with Crippen molar-refractivity contribution in [2.24, 2.45) is 27.6 Å². The van der Waals surface area contributed by atoms with Gasteiger partial charge in [0.1, 0.15) is 0 Å². The molecule has 0 aromatic heterocycles. The third-order valence-electron chi connectivity index (χ3n) is 7.71. The first-order valence-electron chi connectivity index (χ1n) is 10.1. The maximum Gasteiger partial charge on any atom is 0.0274 e. The lowest BCUT2D eigenvalue weighted by atomic mass is 9.43. The predicted molar refractivity (Wildman–Crippen MR) is 113 cm³/mol. The molecule has 0 saturated carbocycles. The third kappa shape index (κ3) is 2.14. The second kappa shape index (κ2) is 5.03. The van der Waals surface area contributed by atoms with Gasteiger partial charge in [-0.2, -0.15) is 0 Å². The second-order valence-corrected chi connectivity index (χ2v) is 11.1. The van der Waals surface area contributed by atoms with E-state index in [0.29, 0.717) is 5.92 Å². The smallest absolute Gasteiger partial charge is 0.0274 e. The van der Waals surface area contributed by atoms with Gasteiger partial charge in [-0.25, -0.2) is 0 Å². The van der Waals surface area contributed by atoms with Crippen molar-refractivity contribution in [2.45, 2.75) is 61.8 Å². The average Bonchev–Trinajstić information content (AvgIpc) is 2.50. The Morgan fingerprint density at radius 2 is 1.46 bits per heavy atom. The van der Waals surface area contributed by atoms with Gasteiger partial charge >= 0.3 is 0 Å². The molecule has 0 heteroatoms. The lowest BCUT2D eigenvalue weighted by Crippen LogP contribution is -2.51. The highest BCUT2D eigenvalue weighted by Gasteiger charge is 2.58. The molecule has 4 aliphatic rings. The molecular weight excluding hydrogens is 312 g/mol. The van der Waals surface area contributed by atoms with Gasteiger partial charge in [-0.1, -0.05) is 103 Å². The molecule has 0 aromatic carbocycles. The molecule has 4 rings (SSSR count). The Labute approximate surface area is 160 Å². The Kier molecular flexibility index (Phi) is 3.45. The molecule has 0 saturated heterocycles. The topological polar surface area (TPSA) is 0 Å². The minimum atomic E-state index is 0.0746. The van der Waals surface area contributed by atoms with Crippen molar-refractivity contribution < 1.29 is 0 Å². The fraction of sp³-hybridized carbons (Fsp3) is 0.538. The van der Waals surface area contributed by atoms with Crippen LogP contribution < -0.4 is 0 Å². The lowest BCUT2D eigenvalue weighted by Gasteiger charge is -2.60. The van der Waals surface area contributed by atoms with Crippen molar-refractivity contribution in [1.82, 2.24) is 0 Å². The molecule has 1 unspecified atom stereocenters. The van der Waals surface area contributed by atoms with Crippen LogP contribution in [0.3, 0.4) is 0 Å². The average molecular weight is 347 g/mol. The van der Waals surface area contributed by atoms with Gasteiger partial charge in [0.15, 0.2) is 0 Å². The van der Waals surface area contributed by atoms with Crippen LogP contribution in [0, 0.1) is 27.6 Å². The molecule has 0 nitrogen and oxygen atoms in total. The monoisotopic (exact) mass is 346 g/mol. The quantitative estimate of drug-likeness (QED) is 0.430. The van der Waals surface area contributed by atoms with Gasteiger partial charge in [0.05, 0.1) is 0 Å². The number of allylic oxidation sites excluding steroid dienone is 12. The molecule has 0 spiro atoms. The van der Waals surface area contributed by atoms with E-state index in [1.165, 1.54) is 28.7 Å². The maximum absolute atomic E-state index is 2.52. The van der Waals surface area contributed by atoms with Crippen LogP contribution in [0.5, 0.6) is 0 Å². The highest BCUT2D eigenvalue weighted by Crippen LogP contribution is 2.67. The first kappa shape index (κ1) is 17.8. The van der Waals surface area contributed by atoms with E-state index in [-0.39, 0.29) is 21.7 Å². The molecule has 0 radical (unpaired) electrons. The molecule has 0 N–H and O–H groups in total. The molecular formula is C26H34. The van der Waals surface area contributed by atoms with Crippen LogP contribution in [0.25, 0.3) is 0 Å². The molecule has 0 aromatic rings. The largest absolute Gasteiger partial charge is 0.0799 e. The van der Waals surface area contributed by atoms with E-state index in [4.69, 9.17) is 0 Å². The normalized spacial score (nSPS) is 35.7. The van der Waals surface area contributed by atoms with E-state index in [0.717, 1.165) is 0 Å². The van der Waals surface area contributed by atoms with E-state index in [1.807, 2.05) is 0 Å². The van der Waals surface area contributed by atoms with Gasteiger partial charge in [0.2, 0.25) is 0 Å². The van der Waals surface area contributed by atoms with Gasteiger partial charge in [0.25, 0.3) is 0 Å². The van der Waals surface area contributed by atoms with Crippen molar-refractivity contribution in [3.8, 4) is 0 Å².